The molecule has 56 valence electrons. The molecule has 0 aliphatic carbocycles. The van der Waals surface area contributed by atoms with Crippen molar-refractivity contribution in [3.05, 3.63) is 0 Å². The number of carbonyl (C=O) groups excluding carboxylic acids is 2. The van der Waals surface area contributed by atoms with Crippen molar-refractivity contribution in [2.45, 2.75) is 26.1 Å². The molecule has 0 amide bonds. The fourth-order valence-electron chi connectivity index (χ4n) is 0.679. The zero-order chi connectivity index (χ0) is 7.56. The first-order chi connectivity index (χ1) is 4.74. The van der Waals surface area contributed by atoms with Gasteiger partial charge in [0.25, 0.3) is 0 Å². The maximum atomic E-state index is 10.8. The Morgan fingerprint density at radius 3 is 2.60 bits per heavy atom. The van der Waals surface area contributed by atoms with E-state index in [1.165, 1.54) is 0 Å². The van der Waals surface area contributed by atoms with Gasteiger partial charge in [-0.05, 0) is 6.42 Å². The van der Waals surface area contributed by atoms with Crippen molar-refractivity contribution in [3.63, 3.8) is 0 Å². The first-order valence-corrected chi connectivity index (χ1v) is 3.14. The van der Waals surface area contributed by atoms with E-state index in [9.17, 15) is 9.59 Å². The minimum Gasteiger partial charge on any atom is -0.386 e. The highest BCUT2D eigenvalue weighted by Gasteiger charge is 2.35. The Hall–Kier alpha value is -1.06. The van der Waals surface area contributed by atoms with Crippen LogP contribution in [0.3, 0.4) is 0 Å². The second-order valence-corrected chi connectivity index (χ2v) is 2.03. The molecule has 0 aromatic rings. The molecule has 1 aliphatic heterocycles. The highest BCUT2D eigenvalue weighted by atomic mass is 16.9. The Bertz CT molecular complexity index is 155. The van der Waals surface area contributed by atoms with Crippen LogP contribution < -0.4 is 0 Å². The summed E-state index contributed by atoms with van der Waals surface area (Å²) in [6.07, 6.45) is -0.518. The standard InChI is InChI=1S/C6H8O4/c1-2-3-4(7)5-9-6(8)10-5/h5H,2-3H2,1H3. The van der Waals surface area contributed by atoms with E-state index in [2.05, 4.69) is 9.47 Å². The Morgan fingerprint density at radius 2 is 2.20 bits per heavy atom. The summed E-state index contributed by atoms with van der Waals surface area (Å²) in [5.74, 6) is -0.165. The average Bonchev–Trinajstić information content (AvgIpc) is 1.82. The molecule has 0 aromatic heterocycles. The third-order valence-electron chi connectivity index (χ3n) is 1.17. The molecule has 0 atom stereocenters. The molecule has 1 fully saturated rings. The molecule has 0 aromatic carbocycles. The predicted molar refractivity (Wildman–Crippen MR) is 31.3 cm³/mol. The fourth-order valence-corrected chi connectivity index (χ4v) is 0.679. The lowest BCUT2D eigenvalue weighted by Gasteiger charge is -2.23. The van der Waals surface area contributed by atoms with E-state index >= 15 is 0 Å². The van der Waals surface area contributed by atoms with Gasteiger partial charge < -0.3 is 9.47 Å². The van der Waals surface area contributed by atoms with Crippen molar-refractivity contribution in [1.82, 2.24) is 0 Å². The van der Waals surface area contributed by atoms with Crippen LogP contribution in [-0.4, -0.2) is 18.2 Å². The second-order valence-electron chi connectivity index (χ2n) is 2.03. The fraction of sp³-hybridized carbons (Fsp3) is 0.667. The van der Waals surface area contributed by atoms with E-state index < -0.39 is 12.4 Å². The topological polar surface area (TPSA) is 52.6 Å². The highest BCUT2D eigenvalue weighted by molar-refractivity contribution is 5.87. The number of rotatable bonds is 3. The van der Waals surface area contributed by atoms with E-state index in [1.807, 2.05) is 6.92 Å². The molecular formula is C6H8O4. The van der Waals surface area contributed by atoms with Gasteiger partial charge in [-0.3, -0.25) is 4.79 Å². The lowest BCUT2D eigenvalue weighted by molar-refractivity contribution is -0.191. The van der Waals surface area contributed by atoms with Crippen LogP contribution in [0.25, 0.3) is 0 Å². The largest absolute Gasteiger partial charge is 0.515 e. The number of Topliss-reactive ketones (excluding diaryl/α,β-unsaturated/α-hetero) is 1. The normalized spacial score (nSPS) is 17.1. The van der Waals surface area contributed by atoms with Crippen LogP contribution in [0.5, 0.6) is 0 Å². The number of cyclic esters (lactones) is 2. The monoisotopic (exact) mass is 144 g/mol. The lowest BCUT2D eigenvalue weighted by Crippen LogP contribution is -2.41. The summed E-state index contributed by atoms with van der Waals surface area (Å²) in [6, 6.07) is 0. The van der Waals surface area contributed by atoms with Gasteiger partial charge in [0.05, 0.1) is 0 Å². The van der Waals surface area contributed by atoms with E-state index in [0.29, 0.717) is 6.42 Å². The van der Waals surface area contributed by atoms with Crippen molar-refractivity contribution < 1.29 is 19.1 Å². The summed E-state index contributed by atoms with van der Waals surface area (Å²) in [5.41, 5.74) is 0. The zero-order valence-corrected chi connectivity index (χ0v) is 5.62. The summed E-state index contributed by atoms with van der Waals surface area (Å²) in [5, 5.41) is 0. The predicted octanol–water partition coefficient (Wildman–Crippen LogP) is 0.849. The van der Waals surface area contributed by atoms with Crippen LogP contribution in [-0.2, 0) is 14.3 Å². The minimum absolute atomic E-state index is 0.165. The molecular weight excluding hydrogens is 136 g/mol. The van der Waals surface area contributed by atoms with Gasteiger partial charge in [0.15, 0.2) is 0 Å². The third kappa shape index (κ3) is 1.26. The summed E-state index contributed by atoms with van der Waals surface area (Å²) in [4.78, 5) is 20.8. The SMILES string of the molecule is CCCC(=O)C1OC(=O)O1. The molecule has 0 N–H and O–H groups in total. The first-order valence-electron chi connectivity index (χ1n) is 3.14. The van der Waals surface area contributed by atoms with Crippen LogP contribution in [0.2, 0.25) is 0 Å². The van der Waals surface area contributed by atoms with Gasteiger partial charge in [-0.25, -0.2) is 4.79 Å². The quantitative estimate of drug-likeness (QED) is 0.551. The number of hydrogen-bond donors (Lipinski definition) is 0. The van der Waals surface area contributed by atoms with Crippen LogP contribution in [0.1, 0.15) is 19.8 Å². The average molecular weight is 144 g/mol. The number of carbonyl (C=O) groups is 2. The Kier molecular flexibility index (Phi) is 1.89. The van der Waals surface area contributed by atoms with E-state index in [4.69, 9.17) is 0 Å². The van der Waals surface area contributed by atoms with Crippen LogP contribution >= 0.6 is 0 Å². The third-order valence-corrected chi connectivity index (χ3v) is 1.17. The molecule has 0 bridgehead atoms. The second kappa shape index (κ2) is 2.68. The van der Waals surface area contributed by atoms with Gasteiger partial charge in [0.1, 0.15) is 0 Å². The number of hydrogen-bond acceptors (Lipinski definition) is 4. The molecule has 0 unspecified atom stereocenters. The summed E-state index contributed by atoms with van der Waals surface area (Å²) in [6.45, 7) is 1.87. The molecule has 0 saturated carbocycles. The highest BCUT2D eigenvalue weighted by Crippen LogP contribution is 2.13. The van der Waals surface area contributed by atoms with Crippen LogP contribution in [0, 0.1) is 0 Å². The molecule has 4 nitrogen and oxygen atoms in total. The van der Waals surface area contributed by atoms with Crippen LogP contribution in [0.15, 0.2) is 0 Å². The van der Waals surface area contributed by atoms with Gasteiger partial charge in [-0.15, -0.1) is 0 Å². The Morgan fingerprint density at radius 1 is 1.60 bits per heavy atom. The molecule has 1 saturated heterocycles. The van der Waals surface area contributed by atoms with E-state index in [1.54, 1.807) is 0 Å². The molecule has 0 radical (unpaired) electrons. The molecule has 1 rings (SSSR count). The molecule has 10 heavy (non-hydrogen) atoms. The molecule has 1 heterocycles. The van der Waals surface area contributed by atoms with E-state index in [-0.39, 0.29) is 5.78 Å². The lowest BCUT2D eigenvalue weighted by atomic mass is 10.2. The first kappa shape index (κ1) is 7.05. The van der Waals surface area contributed by atoms with Gasteiger partial charge in [-0.1, -0.05) is 6.92 Å². The summed E-state index contributed by atoms with van der Waals surface area (Å²) in [7, 11) is 0. The summed E-state index contributed by atoms with van der Waals surface area (Å²) < 4.78 is 8.69. The van der Waals surface area contributed by atoms with Crippen molar-refractivity contribution >= 4 is 11.9 Å². The van der Waals surface area contributed by atoms with E-state index in [0.717, 1.165) is 6.42 Å². The van der Waals surface area contributed by atoms with Gasteiger partial charge in [0, 0.05) is 6.42 Å². The van der Waals surface area contributed by atoms with Crippen LogP contribution in [0.4, 0.5) is 4.79 Å². The number of ether oxygens (including phenoxy) is 2. The Balaban J connectivity index is 2.24. The van der Waals surface area contributed by atoms with Gasteiger partial charge in [0.2, 0.25) is 5.78 Å². The van der Waals surface area contributed by atoms with Gasteiger partial charge in [-0.2, -0.15) is 0 Å². The number of ketones is 1. The maximum absolute atomic E-state index is 10.8. The van der Waals surface area contributed by atoms with Gasteiger partial charge >= 0.3 is 12.4 Å². The molecule has 0 spiro atoms. The van der Waals surface area contributed by atoms with Crippen molar-refractivity contribution in [1.29, 1.82) is 0 Å². The van der Waals surface area contributed by atoms with Crippen molar-refractivity contribution in [3.8, 4) is 0 Å². The minimum atomic E-state index is -0.910. The smallest absolute Gasteiger partial charge is 0.386 e. The Labute approximate surface area is 58.1 Å². The van der Waals surface area contributed by atoms with Crippen molar-refractivity contribution in [2.75, 3.05) is 0 Å². The summed E-state index contributed by atoms with van der Waals surface area (Å²) >= 11 is 0. The van der Waals surface area contributed by atoms with Crippen molar-refractivity contribution in [2.24, 2.45) is 0 Å². The molecule has 4 heteroatoms. The maximum Gasteiger partial charge on any atom is 0.515 e. The molecule has 1 aliphatic rings. The zero-order valence-electron chi connectivity index (χ0n) is 5.62.